The molecule has 3 aliphatic rings. The molecule has 0 aliphatic carbocycles. The molecule has 0 spiro atoms. The van der Waals surface area contributed by atoms with Crippen molar-refractivity contribution in [3.05, 3.63) is 0 Å². The molecule has 3 amide bonds. The Morgan fingerprint density at radius 3 is 0.804 bits per heavy atom. The van der Waals surface area contributed by atoms with Gasteiger partial charge in [0.05, 0.1) is 157 Å². The molecule has 3 fully saturated rings. The van der Waals surface area contributed by atoms with Crippen LogP contribution < -0.4 is 16.0 Å². The lowest BCUT2D eigenvalue weighted by Crippen LogP contribution is -2.48. The summed E-state index contributed by atoms with van der Waals surface area (Å²) in [6.45, 7) is 32.5. The second kappa shape index (κ2) is 48.0. The fourth-order valence-electron chi connectivity index (χ4n) is 10.5. The third kappa shape index (κ3) is 34.8. The molecular formula is C65H117N3O24. The maximum absolute atomic E-state index is 12.7. The monoisotopic (exact) mass is 1320 g/mol. The maximum Gasteiger partial charge on any atom is 0.302 e. The smallest absolute Gasteiger partial charge is 0.302 e. The number of carbonyl (C=O) groups is 6. The van der Waals surface area contributed by atoms with Gasteiger partial charge in [-0.1, -0.05) is 69.2 Å². The number of carbonyl (C=O) groups excluding carboxylic acids is 6. The molecule has 27 heteroatoms. The number of ether oxygens (including phenoxy) is 18. The molecular weight excluding hydrogens is 1210 g/mol. The number of esters is 3. The van der Waals surface area contributed by atoms with E-state index < -0.39 is 24.3 Å². The molecule has 15 atom stereocenters. The van der Waals surface area contributed by atoms with E-state index in [-0.39, 0.29) is 168 Å². The molecule has 0 aromatic rings. The zero-order valence-corrected chi connectivity index (χ0v) is 57.7. The second-order valence-electron chi connectivity index (χ2n) is 24.8. The summed E-state index contributed by atoms with van der Waals surface area (Å²) in [6, 6.07) is 0. The van der Waals surface area contributed by atoms with Gasteiger partial charge in [0.2, 0.25) is 17.7 Å². The predicted molar refractivity (Wildman–Crippen MR) is 335 cm³/mol. The number of rotatable bonds is 51. The molecule has 3 rings (SSSR count). The number of amides is 3. The molecule has 27 nitrogen and oxygen atoms in total. The van der Waals surface area contributed by atoms with Gasteiger partial charge in [0, 0.05) is 82.8 Å². The Balaban J connectivity index is 1.29. The highest BCUT2D eigenvalue weighted by atomic mass is 16.7. The van der Waals surface area contributed by atoms with Gasteiger partial charge in [0.15, 0.2) is 18.9 Å². The molecule has 92 heavy (non-hydrogen) atoms. The molecule has 536 valence electrons. The summed E-state index contributed by atoms with van der Waals surface area (Å²) < 4.78 is 104. The molecule has 3 heterocycles. The van der Waals surface area contributed by atoms with Crippen LogP contribution in [0, 0.1) is 58.7 Å². The van der Waals surface area contributed by atoms with Crippen molar-refractivity contribution >= 4 is 35.6 Å². The number of nitrogens with one attached hydrogen (secondary N) is 3. The van der Waals surface area contributed by atoms with Crippen LogP contribution in [0.5, 0.6) is 0 Å². The minimum atomic E-state index is -0.687. The molecule has 15 unspecified atom stereocenters. The number of hydrogen-bond acceptors (Lipinski definition) is 24. The van der Waals surface area contributed by atoms with E-state index in [0.717, 1.165) is 0 Å². The van der Waals surface area contributed by atoms with Crippen molar-refractivity contribution in [2.75, 3.05) is 178 Å². The van der Waals surface area contributed by atoms with Crippen LogP contribution in [0.25, 0.3) is 0 Å². The summed E-state index contributed by atoms with van der Waals surface area (Å²) >= 11 is 0. The lowest BCUT2D eigenvalue weighted by atomic mass is 9.79. The Labute approximate surface area is 547 Å². The first-order chi connectivity index (χ1) is 44.0. The van der Waals surface area contributed by atoms with E-state index in [9.17, 15) is 28.8 Å². The standard InChI is InChI=1S/C65H117N3O24/c1-44-47(4)56(38-87-53(10)69)90-62(50(44)7)84-35-32-78-29-26-75-23-17-66-59(72)14-20-81-41-65(13,42-82-21-15-60(73)67-18-24-76-27-30-79-33-36-85-63-51(8)45(2)48(5)57(91-63)39-88-54(11)70)43-83-22-16-61(74)68-19-25-77-28-31-80-34-37-86-64-52(9)46(3)49(6)58(92-64)40-89-55(12)71/h44-52,56-58,62-64H,14-43H2,1-13H3,(H,66,72)(H,67,73)(H,68,74). The van der Waals surface area contributed by atoms with Gasteiger partial charge in [-0.2, -0.15) is 0 Å². The van der Waals surface area contributed by atoms with Crippen molar-refractivity contribution in [1.29, 1.82) is 0 Å². The Hall–Kier alpha value is -3.78. The predicted octanol–water partition coefficient (Wildman–Crippen LogP) is 4.30. The third-order valence-corrected chi connectivity index (χ3v) is 17.4. The topological polar surface area (TPSA) is 305 Å². The van der Waals surface area contributed by atoms with E-state index in [1.807, 2.05) is 6.92 Å². The van der Waals surface area contributed by atoms with E-state index in [4.69, 9.17) is 85.3 Å². The van der Waals surface area contributed by atoms with Gasteiger partial charge in [-0.3, -0.25) is 28.8 Å². The van der Waals surface area contributed by atoms with Gasteiger partial charge < -0.3 is 101 Å². The van der Waals surface area contributed by atoms with Crippen LogP contribution in [0.4, 0.5) is 0 Å². The van der Waals surface area contributed by atoms with Gasteiger partial charge in [-0.05, 0) is 35.5 Å². The highest BCUT2D eigenvalue weighted by Gasteiger charge is 2.43. The van der Waals surface area contributed by atoms with Gasteiger partial charge in [0.25, 0.3) is 0 Å². The average molecular weight is 1320 g/mol. The largest absolute Gasteiger partial charge is 0.463 e. The molecule has 3 aliphatic heterocycles. The van der Waals surface area contributed by atoms with Crippen molar-refractivity contribution in [3.8, 4) is 0 Å². The van der Waals surface area contributed by atoms with Crippen LogP contribution in [0.3, 0.4) is 0 Å². The molecule has 0 saturated carbocycles. The van der Waals surface area contributed by atoms with Crippen molar-refractivity contribution in [1.82, 2.24) is 16.0 Å². The van der Waals surface area contributed by atoms with Crippen LogP contribution in [0.2, 0.25) is 0 Å². The van der Waals surface area contributed by atoms with Gasteiger partial charge >= 0.3 is 17.9 Å². The van der Waals surface area contributed by atoms with Crippen molar-refractivity contribution in [2.45, 2.75) is 146 Å². The van der Waals surface area contributed by atoms with E-state index >= 15 is 0 Å². The summed E-state index contributed by atoms with van der Waals surface area (Å²) in [5, 5.41) is 8.50. The first-order valence-electron chi connectivity index (χ1n) is 33.2. The van der Waals surface area contributed by atoms with E-state index in [1.165, 1.54) is 20.8 Å². The lowest BCUT2D eigenvalue weighted by Gasteiger charge is -2.43. The zero-order chi connectivity index (χ0) is 67.7. The molecule has 3 N–H and O–H groups in total. The van der Waals surface area contributed by atoms with Crippen LogP contribution in [0.15, 0.2) is 0 Å². The Bertz CT molecular complexity index is 1810. The second-order valence-corrected chi connectivity index (χ2v) is 24.8. The molecule has 0 aromatic carbocycles. The number of hydrogen-bond donors (Lipinski definition) is 3. The Morgan fingerprint density at radius 1 is 0.315 bits per heavy atom. The van der Waals surface area contributed by atoms with Crippen LogP contribution in [-0.4, -0.2) is 251 Å². The summed E-state index contributed by atoms with van der Waals surface area (Å²) in [4.78, 5) is 72.0. The lowest BCUT2D eigenvalue weighted by molar-refractivity contribution is -0.258. The Kier molecular flexibility index (Phi) is 43.0. The average Bonchev–Trinajstić information content (AvgIpc) is 0.981. The summed E-state index contributed by atoms with van der Waals surface area (Å²) in [6.07, 6.45) is -1.68. The summed E-state index contributed by atoms with van der Waals surface area (Å²) in [5.41, 5.74) is -0.687. The molecule has 3 saturated heterocycles. The minimum absolute atomic E-state index is 0.109. The normalized spacial score (nSPS) is 27.2. The minimum Gasteiger partial charge on any atom is -0.463 e. The van der Waals surface area contributed by atoms with Crippen molar-refractivity contribution < 1.29 is 114 Å². The highest BCUT2D eigenvalue weighted by molar-refractivity contribution is 5.76. The quantitative estimate of drug-likeness (QED) is 0.0434. The van der Waals surface area contributed by atoms with Gasteiger partial charge in [0.1, 0.15) is 19.8 Å². The summed E-state index contributed by atoms with van der Waals surface area (Å²) in [7, 11) is 0. The molecule has 0 radical (unpaired) electrons. The first kappa shape index (κ1) is 82.5. The maximum atomic E-state index is 12.7. The van der Waals surface area contributed by atoms with Crippen LogP contribution in [-0.2, 0) is 114 Å². The zero-order valence-electron chi connectivity index (χ0n) is 57.7. The SMILES string of the molecule is CC(=O)OCC1OC(OCCOCCOCCNC(=O)CCOCC(C)(COCCC(=O)NCCOCCOCCOC2OC(COC(C)=O)C(C)C(C)C2C)COCCC(=O)NCCOCCOCCOC2OC(COC(C)=O)C(C)C(C)C2C)C(C)C(C)C1C. The fraction of sp³-hybridized carbons (Fsp3) is 0.908. The van der Waals surface area contributed by atoms with Crippen molar-refractivity contribution in [3.63, 3.8) is 0 Å². The van der Waals surface area contributed by atoms with E-state index in [2.05, 4.69) is 78.3 Å². The fourth-order valence-corrected chi connectivity index (χ4v) is 10.5. The Morgan fingerprint density at radius 2 is 0.554 bits per heavy atom. The van der Waals surface area contributed by atoms with Crippen molar-refractivity contribution in [2.24, 2.45) is 58.7 Å². The van der Waals surface area contributed by atoms with Gasteiger partial charge in [-0.15, -0.1) is 0 Å². The van der Waals surface area contributed by atoms with E-state index in [0.29, 0.717) is 136 Å². The van der Waals surface area contributed by atoms with Crippen LogP contribution in [0.1, 0.15) is 109 Å². The molecule has 0 bridgehead atoms. The van der Waals surface area contributed by atoms with Crippen LogP contribution >= 0.6 is 0 Å². The summed E-state index contributed by atoms with van der Waals surface area (Å²) in [5.74, 6) is 0.414. The highest BCUT2D eigenvalue weighted by Crippen LogP contribution is 2.38. The van der Waals surface area contributed by atoms with E-state index in [1.54, 1.807) is 0 Å². The third-order valence-electron chi connectivity index (χ3n) is 17.4. The van der Waals surface area contributed by atoms with Gasteiger partial charge in [-0.25, -0.2) is 0 Å². The first-order valence-corrected chi connectivity index (χ1v) is 33.2. The molecule has 0 aromatic heterocycles.